The molecule has 5 rings (SSSR count). The lowest BCUT2D eigenvalue weighted by Crippen LogP contribution is -2.13. The maximum absolute atomic E-state index is 13.8. The molecule has 2 heterocycles. The van der Waals surface area contributed by atoms with Crippen LogP contribution in [0.3, 0.4) is 0 Å². The molecule has 0 aliphatic heterocycles. The molecular weight excluding hydrogens is 357 g/mol. The lowest BCUT2D eigenvalue weighted by Gasteiger charge is -2.15. The summed E-state index contributed by atoms with van der Waals surface area (Å²) in [4.78, 5) is 0. The van der Waals surface area contributed by atoms with Crippen LogP contribution in [0.4, 0.5) is 13.2 Å². The van der Waals surface area contributed by atoms with Crippen molar-refractivity contribution in [3.8, 4) is 22.7 Å². The SMILES string of the molecule is Cc1ccc2c(c1)CCc1c-2noc1-c1noc(C2(C)CC2)c1C(F)(F)F. The number of aryl methyl sites for hydroxylation is 2. The minimum absolute atomic E-state index is 0.0720. The van der Waals surface area contributed by atoms with Gasteiger partial charge in [0.1, 0.15) is 11.3 Å². The van der Waals surface area contributed by atoms with Gasteiger partial charge in [-0.15, -0.1) is 0 Å². The van der Waals surface area contributed by atoms with Crippen molar-refractivity contribution in [2.24, 2.45) is 0 Å². The first-order valence-electron chi connectivity index (χ1n) is 8.94. The molecule has 2 aromatic heterocycles. The highest BCUT2D eigenvalue weighted by Crippen LogP contribution is 2.54. The molecule has 0 radical (unpaired) electrons. The number of benzene rings is 1. The van der Waals surface area contributed by atoms with Crippen molar-refractivity contribution in [1.82, 2.24) is 10.3 Å². The summed E-state index contributed by atoms with van der Waals surface area (Å²) < 4.78 is 52.1. The van der Waals surface area contributed by atoms with Gasteiger partial charge in [0, 0.05) is 16.5 Å². The number of aromatic nitrogens is 2. The van der Waals surface area contributed by atoms with E-state index >= 15 is 0 Å². The summed E-state index contributed by atoms with van der Waals surface area (Å²) in [6, 6.07) is 5.99. The molecule has 27 heavy (non-hydrogen) atoms. The fourth-order valence-corrected chi connectivity index (χ4v) is 3.89. The summed E-state index contributed by atoms with van der Waals surface area (Å²) in [6.07, 6.45) is -1.97. The van der Waals surface area contributed by atoms with Crippen LogP contribution >= 0.6 is 0 Å². The van der Waals surface area contributed by atoms with E-state index < -0.39 is 17.2 Å². The van der Waals surface area contributed by atoms with Gasteiger partial charge in [0.05, 0.1) is 0 Å². The van der Waals surface area contributed by atoms with E-state index in [4.69, 9.17) is 9.05 Å². The lowest BCUT2D eigenvalue weighted by molar-refractivity contribution is -0.138. The van der Waals surface area contributed by atoms with Crippen molar-refractivity contribution in [2.45, 2.75) is 51.1 Å². The van der Waals surface area contributed by atoms with E-state index in [-0.39, 0.29) is 17.2 Å². The molecule has 3 aromatic rings. The van der Waals surface area contributed by atoms with E-state index in [1.54, 1.807) is 6.92 Å². The molecule has 140 valence electrons. The molecule has 1 fully saturated rings. The van der Waals surface area contributed by atoms with Crippen molar-refractivity contribution >= 4 is 0 Å². The van der Waals surface area contributed by atoms with E-state index in [9.17, 15) is 13.2 Å². The average Bonchev–Trinajstić information content (AvgIpc) is 3.05. The van der Waals surface area contributed by atoms with Crippen LogP contribution in [0.5, 0.6) is 0 Å². The molecule has 0 saturated heterocycles. The van der Waals surface area contributed by atoms with Gasteiger partial charge in [-0.2, -0.15) is 13.2 Å². The Labute approximate surface area is 153 Å². The Kier molecular flexibility index (Phi) is 3.22. The zero-order valence-corrected chi connectivity index (χ0v) is 14.9. The predicted octanol–water partition coefficient (Wildman–Crippen LogP) is 5.47. The van der Waals surface area contributed by atoms with Crippen LogP contribution in [0.15, 0.2) is 27.2 Å². The highest BCUT2D eigenvalue weighted by Gasteiger charge is 2.52. The van der Waals surface area contributed by atoms with Gasteiger partial charge in [0.2, 0.25) is 0 Å². The summed E-state index contributed by atoms with van der Waals surface area (Å²) >= 11 is 0. The molecule has 2 aliphatic rings. The highest BCUT2D eigenvalue weighted by molar-refractivity contribution is 5.77. The molecule has 0 bridgehead atoms. The summed E-state index contributed by atoms with van der Waals surface area (Å²) in [7, 11) is 0. The topological polar surface area (TPSA) is 52.1 Å². The summed E-state index contributed by atoms with van der Waals surface area (Å²) in [6.45, 7) is 3.77. The largest absolute Gasteiger partial charge is 0.422 e. The van der Waals surface area contributed by atoms with Gasteiger partial charge in [-0.05, 0) is 38.2 Å². The average molecular weight is 374 g/mol. The second-order valence-corrected chi connectivity index (χ2v) is 7.79. The second-order valence-electron chi connectivity index (χ2n) is 7.79. The van der Waals surface area contributed by atoms with Crippen LogP contribution in [0.1, 0.15) is 47.8 Å². The molecular formula is C20H17F3N2O2. The molecule has 0 amide bonds. The van der Waals surface area contributed by atoms with Gasteiger partial charge >= 0.3 is 6.18 Å². The van der Waals surface area contributed by atoms with Gasteiger partial charge in [0.15, 0.2) is 17.2 Å². The predicted molar refractivity (Wildman–Crippen MR) is 91.2 cm³/mol. The van der Waals surface area contributed by atoms with E-state index in [2.05, 4.69) is 16.4 Å². The summed E-state index contributed by atoms with van der Waals surface area (Å²) in [5.74, 6) is -0.0233. The van der Waals surface area contributed by atoms with Gasteiger partial charge in [-0.25, -0.2) is 0 Å². The molecule has 2 aliphatic carbocycles. The maximum Gasteiger partial charge on any atom is 0.422 e. The monoisotopic (exact) mass is 374 g/mol. The summed E-state index contributed by atoms with van der Waals surface area (Å²) in [5, 5.41) is 7.87. The Hall–Kier alpha value is -2.57. The van der Waals surface area contributed by atoms with E-state index in [0.717, 1.165) is 23.1 Å². The molecule has 4 nitrogen and oxygen atoms in total. The first kappa shape index (κ1) is 16.6. The van der Waals surface area contributed by atoms with E-state index in [0.29, 0.717) is 30.5 Å². The molecule has 1 aromatic carbocycles. The normalized spacial score (nSPS) is 17.5. The van der Waals surface area contributed by atoms with Crippen LogP contribution < -0.4 is 0 Å². The molecule has 0 spiro atoms. The maximum atomic E-state index is 13.8. The number of fused-ring (bicyclic) bond motifs is 3. The quantitative estimate of drug-likeness (QED) is 0.596. The summed E-state index contributed by atoms with van der Waals surface area (Å²) in [5.41, 5.74) is 2.73. The fourth-order valence-electron chi connectivity index (χ4n) is 3.89. The Morgan fingerprint density at radius 1 is 1.04 bits per heavy atom. The Morgan fingerprint density at radius 3 is 2.48 bits per heavy atom. The third-order valence-corrected chi connectivity index (χ3v) is 5.69. The van der Waals surface area contributed by atoms with Gasteiger partial charge < -0.3 is 9.05 Å². The van der Waals surface area contributed by atoms with Crippen LogP contribution in [0.25, 0.3) is 22.7 Å². The van der Waals surface area contributed by atoms with Crippen LogP contribution in [-0.2, 0) is 24.4 Å². The van der Waals surface area contributed by atoms with Gasteiger partial charge in [0.25, 0.3) is 0 Å². The van der Waals surface area contributed by atoms with Crippen molar-refractivity contribution in [3.63, 3.8) is 0 Å². The second kappa shape index (κ2) is 5.24. The molecule has 7 heteroatoms. The van der Waals surface area contributed by atoms with Crippen molar-refractivity contribution < 1.29 is 22.2 Å². The number of alkyl halides is 3. The third-order valence-electron chi connectivity index (χ3n) is 5.69. The number of nitrogens with zero attached hydrogens (tertiary/aromatic N) is 2. The zero-order valence-electron chi connectivity index (χ0n) is 14.9. The Morgan fingerprint density at radius 2 is 1.78 bits per heavy atom. The first-order chi connectivity index (χ1) is 12.8. The van der Waals surface area contributed by atoms with Gasteiger partial charge in [-0.1, -0.05) is 41.0 Å². The molecule has 0 N–H and O–H groups in total. The fraction of sp³-hybridized carbons (Fsp3) is 0.400. The zero-order chi connectivity index (χ0) is 19.0. The van der Waals surface area contributed by atoms with Crippen LogP contribution in [0.2, 0.25) is 0 Å². The molecule has 0 atom stereocenters. The van der Waals surface area contributed by atoms with Gasteiger partial charge in [-0.3, -0.25) is 0 Å². The number of hydrogen-bond acceptors (Lipinski definition) is 4. The minimum Gasteiger partial charge on any atom is -0.359 e. The first-order valence-corrected chi connectivity index (χ1v) is 8.94. The molecule has 1 saturated carbocycles. The Bertz CT molecular complexity index is 1060. The molecule has 0 unspecified atom stereocenters. The number of hydrogen-bond donors (Lipinski definition) is 0. The minimum atomic E-state index is -4.57. The van der Waals surface area contributed by atoms with Crippen LogP contribution in [-0.4, -0.2) is 10.3 Å². The van der Waals surface area contributed by atoms with E-state index in [1.165, 1.54) is 0 Å². The van der Waals surface area contributed by atoms with E-state index in [1.807, 2.05) is 19.1 Å². The number of halogens is 3. The van der Waals surface area contributed by atoms with Crippen molar-refractivity contribution in [3.05, 3.63) is 46.2 Å². The lowest BCUT2D eigenvalue weighted by atomic mass is 9.87. The van der Waals surface area contributed by atoms with Crippen molar-refractivity contribution in [1.29, 1.82) is 0 Å². The highest BCUT2D eigenvalue weighted by atomic mass is 19.4. The number of rotatable bonds is 2. The standard InChI is InChI=1S/C20H17F3N2O2/c1-10-3-5-12-11(9-10)4-6-13-15(12)24-26-17(13)16-14(20(21,22)23)18(27-25-16)19(2)7-8-19/h3,5,9H,4,6-8H2,1-2H3. The smallest absolute Gasteiger partial charge is 0.359 e. The van der Waals surface area contributed by atoms with Crippen molar-refractivity contribution in [2.75, 3.05) is 0 Å². The third kappa shape index (κ3) is 2.44. The van der Waals surface area contributed by atoms with Crippen LogP contribution in [0, 0.1) is 6.92 Å². The Balaban J connectivity index is 1.68.